The van der Waals surface area contributed by atoms with Gasteiger partial charge < -0.3 is 0 Å². The molecule has 2 nitrogen and oxygen atoms in total. The molecule has 0 spiro atoms. The molecule has 0 unspecified atom stereocenters. The van der Waals surface area contributed by atoms with Crippen molar-refractivity contribution in [3.05, 3.63) is 156 Å². The normalized spacial score (nSPS) is 12.4. The van der Waals surface area contributed by atoms with Crippen molar-refractivity contribution in [1.82, 2.24) is 0 Å². The predicted octanol–water partition coefficient (Wildman–Crippen LogP) is 10.2. The van der Waals surface area contributed by atoms with Crippen LogP contribution in [0, 0.1) is 6.92 Å². The lowest BCUT2D eigenvalue weighted by molar-refractivity contribution is 0.591. The molecule has 5 rings (SSSR count). The second-order valence-electron chi connectivity index (χ2n) is 13.1. The van der Waals surface area contributed by atoms with Crippen molar-refractivity contribution in [2.24, 2.45) is 4.99 Å². The van der Waals surface area contributed by atoms with Crippen LogP contribution in [0.4, 0.5) is 11.4 Å². The predicted molar refractivity (Wildman–Crippen MR) is 189 cm³/mol. The van der Waals surface area contributed by atoms with E-state index < -0.39 is 8.07 Å². The minimum absolute atomic E-state index is 0.0593. The van der Waals surface area contributed by atoms with Crippen LogP contribution in [0.15, 0.2) is 138 Å². The molecule has 0 heterocycles. The molecule has 0 saturated heterocycles. The van der Waals surface area contributed by atoms with Crippen molar-refractivity contribution in [2.75, 3.05) is 4.67 Å². The quantitative estimate of drug-likeness (QED) is 0.110. The average molecular weight is 583 g/mol. The Kier molecular flexibility index (Phi) is 9.00. The molecule has 0 atom stereocenters. The van der Waals surface area contributed by atoms with E-state index in [-0.39, 0.29) is 10.8 Å². The number of hydrogen-bond donors (Lipinski definition) is 0. The molecule has 0 bridgehead atoms. The number of nitrogens with zero attached hydrogens (tertiary/aromatic N) is 2. The lowest BCUT2D eigenvalue weighted by atomic mass is 9.85. The number of amidine groups is 1. The third-order valence-corrected chi connectivity index (χ3v) is 9.97. The van der Waals surface area contributed by atoms with Crippen molar-refractivity contribution < 1.29 is 0 Å². The summed E-state index contributed by atoms with van der Waals surface area (Å²) < 4.78 is 2.55. The lowest BCUT2D eigenvalue weighted by Crippen LogP contribution is -2.36. The van der Waals surface area contributed by atoms with Gasteiger partial charge in [-0.15, -0.1) is 0 Å². The van der Waals surface area contributed by atoms with Gasteiger partial charge in [0.15, 0.2) is 0 Å². The maximum absolute atomic E-state index is 5.66. The van der Waals surface area contributed by atoms with Crippen LogP contribution in [-0.2, 0) is 10.8 Å². The topological polar surface area (TPSA) is 15.6 Å². The molecule has 5 aromatic rings. The Balaban J connectivity index is 1.92. The monoisotopic (exact) mass is 582 g/mol. The van der Waals surface area contributed by atoms with Gasteiger partial charge in [0.2, 0.25) is 0 Å². The third kappa shape index (κ3) is 6.98. The number of aliphatic imine (C=N–C) groups is 1. The Morgan fingerprint density at radius 1 is 0.535 bits per heavy atom. The van der Waals surface area contributed by atoms with Gasteiger partial charge in [0.05, 0.1) is 19.4 Å². The van der Waals surface area contributed by atoms with Crippen LogP contribution in [0.3, 0.4) is 0 Å². The molecule has 0 aliphatic heterocycles. The molecule has 43 heavy (non-hydrogen) atoms. The fourth-order valence-electron chi connectivity index (χ4n) is 5.38. The Labute approximate surface area is 260 Å². The van der Waals surface area contributed by atoms with E-state index in [1.54, 1.807) is 0 Å². The first kappa shape index (κ1) is 30.5. The van der Waals surface area contributed by atoms with Crippen LogP contribution >= 0.6 is 8.07 Å². The molecular formula is C40H43N2P. The second kappa shape index (κ2) is 12.7. The van der Waals surface area contributed by atoms with Crippen molar-refractivity contribution in [3.63, 3.8) is 0 Å². The number of rotatable bonds is 6. The fourth-order valence-corrected chi connectivity index (χ4v) is 7.79. The zero-order valence-corrected chi connectivity index (χ0v) is 27.4. The van der Waals surface area contributed by atoms with Gasteiger partial charge in [-0.25, -0.2) is 4.99 Å². The highest BCUT2D eigenvalue weighted by molar-refractivity contribution is 7.75. The molecular weight excluding hydrogens is 539 g/mol. The van der Waals surface area contributed by atoms with Crippen LogP contribution in [0.5, 0.6) is 0 Å². The summed E-state index contributed by atoms with van der Waals surface area (Å²) in [6.45, 7) is 15.8. The van der Waals surface area contributed by atoms with Crippen molar-refractivity contribution in [3.8, 4) is 0 Å². The van der Waals surface area contributed by atoms with E-state index in [1.807, 2.05) is 0 Å². The summed E-state index contributed by atoms with van der Waals surface area (Å²) in [5.74, 6) is 0.951. The standard InChI is InChI=1S/C40H43N2P/c1-30-26-28-31(29-27-30)38(41-36-24-16-14-22-34(36)39(2,3)4)42(37-25-17-15-23-35(37)40(5,6)7)43(32-18-10-8-11-19-32)33-20-12-9-13-21-33/h8-29H,1-7H3. The Hall–Kier alpha value is -4.00. The first-order valence-electron chi connectivity index (χ1n) is 15.1. The summed E-state index contributed by atoms with van der Waals surface area (Å²) in [5, 5.41) is 2.55. The minimum atomic E-state index is -1.06. The van der Waals surface area contributed by atoms with Crippen LogP contribution in [-0.4, -0.2) is 5.84 Å². The molecule has 0 aliphatic carbocycles. The summed E-state index contributed by atoms with van der Waals surface area (Å²) >= 11 is 0. The van der Waals surface area contributed by atoms with Gasteiger partial charge >= 0.3 is 0 Å². The highest BCUT2D eigenvalue weighted by atomic mass is 31.1. The smallest absolute Gasteiger partial charge is 0.144 e. The Morgan fingerprint density at radius 2 is 1.00 bits per heavy atom. The molecule has 0 aromatic heterocycles. The third-order valence-electron chi connectivity index (χ3n) is 7.59. The van der Waals surface area contributed by atoms with Crippen LogP contribution in [0.2, 0.25) is 0 Å². The fraction of sp³-hybridized carbons (Fsp3) is 0.225. The van der Waals surface area contributed by atoms with Gasteiger partial charge in [0.25, 0.3) is 0 Å². The van der Waals surface area contributed by atoms with E-state index in [0.29, 0.717) is 0 Å². The largest absolute Gasteiger partial charge is 0.296 e. The van der Waals surface area contributed by atoms with Gasteiger partial charge in [-0.05, 0) is 41.0 Å². The number of benzene rings is 5. The zero-order chi connectivity index (χ0) is 30.6. The van der Waals surface area contributed by atoms with E-state index in [9.17, 15) is 0 Å². The molecule has 5 aromatic carbocycles. The summed E-state index contributed by atoms with van der Waals surface area (Å²) in [7, 11) is -1.06. The Morgan fingerprint density at radius 3 is 1.53 bits per heavy atom. The molecule has 3 heteroatoms. The number of para-hydroxylation sites is 2. The van der Waals surface area contributed by atoms with Gasteiger partial charge in [-0.1, -0.05) is 168 Å². The highest BCUT2D eigenvalue weighted by Crippen LogP contribution is 2.47. The van der Waals surface area contributed by atoms with Crippen molar-refractivity contribution >= 4 is 35.9 Å². The SMILES string of the molecule is Cc1ccc(C(=Nc2ccccc2C(C)(C)C)N(c2ccccc2C(C)(C)C)P(c2ccccc2)c2ccccc2)cc1. The second-order valence-corrected chi connectivity index (χ2v) is 15.2. The Bertz CT molecular complexity index is 1640. The maximum Gasteiger partial charge on any atom is 0.144 e. The first-order chi connectivity index (χ1) is 20.5. The molecule has 218 valence electrons. The molecule has 0 radical (unpaired) electrons. The molecule has 0 saturated carbocycles. The van der Waals surface area contributed by atoms with E-state index in [2.05, 4.69) is 187 Å². The van der Waals surface area contributed by atoms with Crippen molar-refractivity contribution in [1.29, 1.82) is 0 Å². The van der Waals surface area contributed by atoms with Crippen LogP contribution in [0.25, 0.3) is 0 Å². The summed E-state index contributed by atoms with van der Waals surface area (Å²) in [5.41, 5.74) is 6.89. The number of anilines is 1. The van der Waals surface area contributed by atoms with E-state index in [1.165, 1.54) is 33.0 Å². The first-order valence-corrected chi connectivity index (χ1v) is 16.4. The summed E-state index contributed by atoms with van der Waals surface area (Å²) in [6, 6.07) is 48.2. The number of hydrogen-bond acceptors (Lipinski definition) is 1. The number of aryl methyl sites for hydroxylation is 1. The summed E-state index contributed by atoms with van der Waals surface area (Å²) in [6.07, 6.45) is 0. The van der Waals surface area contributed by atoms with Crippen molar-refractivity contribution in [2.45, 2.75) is 59.3 Å². The van der Waals surface area contributed by atoms with Gasteiger partial charge in [0, 0.05) is 16.2 Å². The van der Waals surface area contributed by atoms with E-state index in [4.69, 9.17) is 4.99 Å². The zero-order valence-electron chi connectivity index (χ0n) is 26.5. The van der Waals surface area contributed by atoms with Gasteiger partial charge in [-0.3, -0.25) is 4.67 Å². The van der Waals surface area contributed by atoms with Gasteiger partial charge in [-0.2, -0.15) is 0 Å². The molecule has 0 amide bonds. The van der Waals surface area contributed by atoms with E-state index >= 15 is 0 Å². The van der Waals surface area contributed by atoms with Crippen LogP contribution in [0.1, 0.15) is 63.8 Å². The van der Waals surface area contributed by atoms with Gasteiger partial charge in [0.1, 0.15) is 5.84 Å². The van der Waals surface area contributed by atoms with E-state index in [0.717, 1.165) is 17.1 Å². The minimum Gasteiger partial charge on any atom is -0.296 e. The average Bonchev–Trinajstić information content (AvgIpc) is 2.99. The molecule has 0 N–H and O–H groups in total. The molecule has 0 aliphatic rings. The lowest BCUT2D eigenvalue weighted by Gasteiger charge is -2.38. The highest BCUT2D eigenvalue weighted by Gasteiger charge is 2.32. The maximum atomic E-state index is 5.66. The van der Waals surface area contributed by atoms with Crippen LogP contribution < -0.4 is 15.3 Å². The summed E-state index contributed by atoms with van der Waals surface area (Å²) in [4.78, 5) is 5.66. The molecule has 0 fully saturated rings.